The number of anilines is 1. The van der Waals surface area contributed by atoms with Crippen molar-refractivity contribution in [3.63, 3.8) is 0 Å². The average molecular weight is 384 g/mol. The van der Waals surface area contributed by atoms with Crippen LogP contribution in [-0.2, 0) is 6.54 Å². The molecule has 0 spiro atoms. The Bertz CT molecular complexity index is 971. The van der Waals surface area contributed by atoms with Gasteiger partial charge in [0.1, 0.15) is 5.75 Å². The van der Waals surface area contributed by atoms with Crippen molar-refractivity contribution in [1.29, 1.82) is 0 Å². The lowest BCUT2D eigenvalue weighted by molar-refractivity contribution is 0.209. The van der Waals surface area contributed by atoms with E-state index >= 15 is 0 Å². The third-order valence-corrected chi connectivity index (χ3v) is 5.34. The van der Waals surface area contributed by atoms with E-state index in [1.54, 1.807) is 7.11 Å². The molecule has 1 saturated heterocycles. The van der Waals surface area contributed by atoms with Gasteiger partial charge in [-0.15, -0.1) is 6.58 Å². The second-order valence-electron chi connectivity index (χ2n) is 7.05. The number of hydrogen-bond donors (Lipinski definition) is 0. The molecule has 4 heteroatoms. The van der Waals surface area contributed by atoms with Gasteiger partial charge in [0.15, 0.2) is 0 Å². The van der Waals surface area contributed by atoms with Gasteiger partial charge in [-0.3, -0.25) is 4.90 Å². The second kappa shape index (κ2) is 8.23. The maximum atomic E-state index is 13.6. The van der Waals surface area contributed by atoms with Crippen molar-refractivity contribution in [3.05, 3.63) is 109 Å². The summed E-state index contributed by atoms with van der Waals surface area (Å²) in [4.78, 5) is 17.3. The Labute approximate surface area is 171 Å². The highest BCUT2D eigenvalue weighted by Gasteiger charge is 2.45. The highest BCUT2D eigenvalue weighted by molar-refractivity contribution is 5.96. The zero-order valence-corrected chi connectivity index (χ0v) is 16.4. The second-order valence-corrected chi connectivity index (χ2v) is 7.05. The summed E-state index contributed by atoms with van der Waals surface area (Å²) in [5.41, 5.74) is 3.01. The number of hydrogen-bond acceptors (Lipinski definition) is 2. The Kier molecular flexibility index (Phi) is 5.34. The van der Waals surface area contributed by atoms with Crippen LogP contribution in [0.25, 0.3) is 0 Å². The molecule has 146 valence electrons. The molecular formula is C25H24N2O2. The predicted octanol–water partition coefficient (Wildman–Crippen LogP) is 5.43. The molecule has 0 N–H and O–H groups in total. The van der Waals surface area contributed by atoms with E-state index in [4.69, 9.17) is 4.74 Å². The van der Waals surface area contributed by atoms with Gasteiger partial charge in [-0.2, -0.15) is 0 Å². The third kappa shape index (κ3) is 3.61. The van der Waals surface area contributed by atoms with Crippen molar-refractivity contribution in [2.75, 3.05) is 12.0 Å². The van der Waals surface area contributed by atoms with Gasteiger partial charge in [0.2, 0.25) is 0 Å². The molecule has 3 aromatic carbocycles. The Balaban J connectivity index is 1.77. The molecule has 2 atom stereocenters. The van der Waals surface area contributed by atoms with Crippen LogP contribution in [-0.4, -0.2) is 24.1 Å². The molecule has 2 amide bonds. The molecule has 1 aliphatic heterocycles. The fraction of sp³-hybridized carbons (Fsp3) is 0.160. The largest absolute Gasteiger partial charge is 0.497 e. The van der Waals surface area contributed by atoms with Gasteiger partial charge < -0.3 is 9.64 Å². The molecule has 3 aromatic rings. The van der Waals surface area contributed by atoms with E-state index < -0.39 is 0 Å². The van der Waals surface area contributed by atoms with Gasteiger partial charge in [0, 0.05) is 12.2 Å². The molecule has 1 aliphatic rings. The standard InChI is InChI=1S/C25H24N2O2/c1-3-23-24(20-12-8-5-9-13-20)27(21-14-16-22(29-2)17-15-21)25(28)26(23)18-19-10-6-4-7-11-19/h3-17,23-24H,1,18H2,2H3. The summed E-state index contributed by atoms with van der Waals surface area (Å²) in [6.45, 7) is 4.59. The van der Waals surface area contributed by atoms with Crippen molar-refractivity contribution in [2.45, 2.75) is 18.6 Å². The number of nitrogens with zero attached hydrogens (tertiary/aromatic N) is 2. The first-order valence-electron chi connectivity index (χ1n) is 9.68. The number of rotatable bonds is 6. The van der Waals surface area contributed by atoms with Crippen LogP contribution in [0.2, 0.25) is 0 Å². The number of methoxy groups -OCH3 is 1. The SMILES string of the molecule is C=CC1C(c2ccccc2)N(c2ccc(OC)cc2)C(=O)N1Cc1ccccc1. The number of carbonyl (C=O) groups excluding carboxylic acids is 1. The van der Waals surface area contributed by atoms with Crippen molar-refractivity contribution < 1.29 is 9.53 Å². The molecule has 0 saturated carbocycles. The molecule has 0 radical (unpaired) electrons. The van der Waals surface area contributed by atoms with Crippen LogP contribution in [0.4, 0.5) is 10.5 Å². The van der Waals surface area contributed by atoms with E-state index in [0.717, 1.165) is 22.6 Å². The summed E-state index contributed by atoms with van der Waals surface area (Å²) >= 11 is 0. The minimum atomic E-state index is -0.154. The molecule has 1 fully saturated rings. The molecule has 2 unspecified atom stereocenters. The normalized spacial score (nSPS) is 18.7. The summed E-state index contributed by atoms with van der Waals surface area (Å²) in [6, 6.07) is 27.5. The minimum Gasteiger partial charge on any atom is -0.497 e. The number of carbonyl (C=O) groups is 1. The molecule has 0 aromatic heterocycles. The van der Waals surface area contributed by atoms with Crippen LogP contribution < -0.4 is 9.64 Å². The molecule has 0 bridgehead atoms. The molecule has 4 rings (SSSR count). The number of ether oxygens (including phenoxy) is 1. The van der Waals surface area contributed by atoms with Crippen molar-refractivity contribution >= 4 is 11.7 Å². The maximum absolute atomic E-state index is 13.6. The lowest BCUT2D eigenvalue weighted by Crippen LogP contribution is -2.33. The minimum absolute atomic E-state index is 0.0298. The van der Waals surface area contributed by atoms with Crippen LogP contribution in [0.1, 0.15) is 17.2 Å². The predicted molar refractivity (Wildman–Crippen MR) is 116 cm³/mol. The van der Waals surface area contributed by atoms with Crippen LogP contribution in [0, 0.1) is 0 Å². The van der Waals surface area contributed by atoms with Crippen molar-refractivity contribution in [1.82, 2.24) is 4.90 Å². The third-order valence-electron chi connectivity index (χ3n) is 5.34. The molecule has 1 heterocycles. The van der Waals surface area contributed by atoms with E-state index in [9.17, 15) is 4.79 Å². The van der Waals surface area contributed by atoms with Crippen molar-refractivity contribution in [2.24, 2.45) is 0 Å². The fourth-order valence-corrected chi connectivity index (χ4v) is 3.93. The number of urea groups is 1. The van der Waals surface area contributed by atoms with Gasteiger partial charge in [-0.1, -0.05) is 66.7 Å². The summed E-state index contributed by atoms with van der Waals surface area (Å²) in [6.07, 6.45) is 1.88. The first kappa shape index (κ1) is 18.8. The maximum Gasteiger partial charge on any atom is 0.326 e. The van der Waals surface area contributed by atoms with Crippen LogP contribution in [0.3, 0.4) is 0 Å². The first-order valence-corrected chi connectivity index (χ1v) is 9.68. The summed E-state index contributed by atoms with van der Waals surface area (Å²) < 4.78 is 5.28. The van der Waals surface area contributed by atoms with Crippen molar-refractivity contribution in [3.8, 4) is 5.75 Å². The van der Waals surface area contributed by atoms with E-state index in [1.807, 2.05) is 88.7 Å². The molecule has 4 nitrogen and oxygen atoms in total. The Morgan fingerprint density at radius 3 is 2.14 bits per heavy atom. The van der Waals surface area contributed by atoms with Gasteiger partial charge in [-0.25, -0.2) is 4.79 Å². The number of amides is 2. The average Bonchev–Trinajstić information content (AvgIpc) is 3.06. The Morgan fingerprint density at radius 1 is 0.931 bits per heavy atom. The summed E-state index contributed by atoms with van der Waals surface area (Å²) in [7, 11) is 1.64. The lowest BCUT2D eigenvalue weighted by atomic mass is 9.98. The Hall–Kier alpha value is -3.53. The van der Waals surface area contributed by atoms with Crippen LogP contribution in [0.15, 0.2) is 97.6 Å². The zero-order chi connectivity index (χ0) is 20.2. The summed E-state index contributed by atoms with van der Waals surface area (Å²) in [5.74, 6) is 0.762. The van der Waals surface area contributed by atoms with E-state index in [-0.39, 0.29) is 18.1 Å². The number of benzene rings is 3. The molecule has 29 heavy (non-hydrogen) atoms. The fourth-order valence-electron chi connectivity index (χ4n) is 3.93. The monoisotopic (exact) mass is 384 g/mol. The quantitative estimate of drug-likeness (QED) is 0.531. The lowest BCUT2D eigenvalue weighted by Gasteiger charge is -2.26. The molecular weight excluding hydrogens is 360 g/mol. The molecule has 0 aliphatic carbocycles. The highest BCUT2D eigenvalue weighted by atomic mass is 16.5. The first-order chi connectivity index (χ1) is 14.2. The zero-order valence-electron chi connectivity index (χ0n) is 16.4. The van der Waals surface area contributed by atoms with E-state index in [2.05, 4.69) is 18.7 Å². The van der Waals surface area contributed by atoms with Gasteiger partial charge in [0.25, 0.3) is 0 Å². The highest BCUT2D eigenvalue weighted by Crippen LogP contribution is 2.40. The van der Waals surface area contributed by atoms with Gasteiger partial charge >= 0.3 is 6.03 Å². The van der Waals surface area contributed by atoms with E-state index in [0.29, 0.717) is 6.54 Å². The smallest absolute Gasteiger partial charge is 0.326 e. The van der Waals surface area contributed by atoms with Gasteiger partial charge in [-0.05, 0) is 35.4 Å². The topological polar surface area (TPSA) is 32.8 Å². The van der Waals surface area contributed by atoms with Gasteiger partial charge in [0.05, 0.1) is 19.2 Å². The summed E-state index contributed by atoms with van der Waals surface area (Å²) in [5, 5.41) is 0. The van der Waals surface area contributed by atoms with Crippen LogP contribution in [0.5, 0.6) is 5.75 Å². The Morgan fingerprint density at radius 2 is 1.55 bits per heavy atom. The van der Waals surface area contributed by atoms with E-state index in [1.165, 1.54) is 0 Å². The van der Waals surface area contributed by atoms with Crippen LogP contribution >= 0.6 is 0 Å².